The molecule has 1 amide bonds. The fourth-order valence-corrected chi connectivity index (χ4v) is 3.59. The first-order chi connectivity index (χ1) is 12.7. The number of rotatable bonds is 3. The van der Waals surface area contributed by atoms with E-state index in [0.29, 0.717) is 31.8 Å². The fourth-order valence-electron chi connectivity index (χ4n) is 3.59. The molecule has 7 heteroatoms. The van der Waals surface area contributed by atoms with E-state index in [4.69, 9.17) is 4.74 Å². The highest BCUT2D eigenvalue weighted by Gasteiger charge is 2.35. The molecule has 1 unspecified atom stereocenters. The second kappa shape index (κ2) is 6.99. The van der Waals surface area contributed by atoms with Crippen LogP contribution in [0, 0.1) is 5.82 Å². The van der Waals surface area contributed by atoms with Crippen molar-refractivity contribution in [3.63, 3.8) is 0 Å². The van der Waals surface area contributed by atoms with Crippen LogP contribution in [0.3, 0.4) is 0 Å². The van der Waals surface area contributed by atoms with Gasteiger partial charge in [-0.15, -0.1) is 0 Å². The number of ether oxygens (including phenoxy) is 1. The lowest BCUT2D eigenvalue weighted by Gasteiger charge is -2.35. The van der Waals surface area contributed by atoms with Crippen LogP contribution in [0.4, 0.5) is 15.9 Å². The number of nitrogens with zero attached hydrogens (tertiary/aromatic N) is 4. The van der Waals surface area contributed by atoms with Crippen LogP contribution >= 0.6 is 0 Å². The van der Waals surface area contributed by atoms with Crippen LogP contribution in [0.5, 0.6) is 0 Å². The molecule has 4 rings (SSSR count). The van der Waals surface area contributed by atoms with Crippen LogP contribution in [0.15, 0.2) is 30.6 Å². The second-order valence-electron chi connectivity index (χ2n) is 6.49. The molecule has 0 saturated carbocycles. The van der Waals surface area contributed by atoms with E-state index in [2.05, 4.69) is 9.97 Å². The number of carbonyl (C=O) groups is 1. The van der Waals surface area contributed by atoms with E-state index in [1.807, 2.05) is 31.2 Å². The van der Waals surface area contributed by atoms with Crippen LogP contribution in [0.2, 0.25) is 0 Å². The smallest absolute Gasteiger partial charge is 0.257 e. The summed E-state index contributed by atoms with van der Waals surface area (Å²) in [4.78, 5) is 24.6. The van der Waals surface area contributed by atoms with Crippen molar-refractivity contribution in [3.8, 4) is 0 Å². The van der Waals surface area contributed by atoms with Crippen molar-refractivity contribution in [1.29, 1.82) is 0 Å². The molecule has 1 fully saturated rings. The summed E-state index contributed by atoms with van der Waals surface area (Å²) in [5.41, 5.74) is 2.50. The number of halogens is 1. The summed E-state index contributed by atoms with van der Waals surface area (Å²) >= 11 is 0. The first-order valence-corrected chi connectivity index (χ1v) is 8.94. The highest BCUT2D eigenvalue weighted by molar-refractivity contribution is 5.98. The third-order valence-corrected chi connectivity index (χ3v) is 4.97. The summed E-state index contributed by atoms with van der Waals surface area (Å²) in [6, 6.07) is 7.91. The van der Waals surface area contributed by atoms with Gasteiger partial charge in [-0.2, -0.15) is 0 Å². The number of fused-ring (bicyclic) bond motifs is 1. The van der Waals surface area contributed by atoms with Gasteiger partial charge in [0, 0.05) is 18.8 Å². The van der Waals surface area contributed by atoms with Gasteiger partial charge >= 0.3 is 0 Å². The van der Waals surface area contributed by atoms with Crippen LogP contribution < -0.4 is 9.80 Å². The van der Waals surface area contributed by atoms with Gasteiger partial charge in [0.1, 0.15) is 6.33 Å². The summed E-state index contributed by atoms with van der Waals surface area (Å²) in [5.74, 6) is -0.237. The van der Waals surface area contributed by atoms with Crippen molar-refractivity contribution in [2.45, 2.75) is 25.9 Å². The molecule has 6 nitrogen and oxygen atoms in total. The van der Waals surface area contributed by atoms with Crippen molar-refractivity contribution in [2.24, 2.45) is 0 Å². The molecule has 0 aliphatic carbocycles. The Morgan fingerprint density at radius 1 is 1.31 bits per heavy atom. The highest BCUT2D eigenvalue weighted by Crippen LogP contribution is 2.29. The predicted molar refractivity (Wildman–Crippen MR) is 95.8 cm³/mol. The Labute approximate surface area is 151 Å². The van der Waals surface area contributed by atoms with E-state index >= 15 is 0 Å². The van der Waals surface area contributed by atoms with Gasteiger partial charge in [0.25, 0.3) is 5.91 Å². The van der Waals surface area contributed by atoms with Gasteiger partial charge < -0.3 is 14.5 Å². The maximum Gasteiger partial charge on any atom is 0.257 e. The molecule has 2 aliphatic heterocycles. The molecular weight excluding hydrogens is 335 g/mol. The number of benzene rings is 1. The Morgan fingerprint density at radius 2 is 2.15 bits per heavy atom. The van der Waals surface area contributed by atoms with E-state index in [0.717, 1.165) is 12.1 Å². The molecule has 1 aromatic heterocycles. The van der Waals surface area contributed by atoms with E-state index in [9.17, 15) is 9.18 Å². The number of aryl methyl sites for hydroxylation is 1. The summed E-state index contributed by atoms with van der Waals surface area (Å²) < 4.78 is 20.3. The van der Waals surface area contributed by atoms with E-state index < -0.39 is 11.9 Å². The molecule has 1 saturated heterocycles. The number of anilines is 2. The van der Waals surface area contributed by atoms with Crippen LogP contribution in [-0.2, 0) is 22.4 Å². The molecule has 0 bridgehead atoms. The van der Waals surface area contributed by atoms with E-state index in [1.54, 1.807) is 9.80 Å². The average molecular weight is 356 g/mol. The highest BCUT2D eigenvalue weighted by atomic mass is 19.1. The third kappa shape index (κ3) is 2.92. The molecule has 1 aromatic carbocycles. The quantitative estimate of drug-likeness (QED) is 0.842. The fraction of sp³-hybridized carbons (Fsp3) is 0.421. The van der Waals surface area contributed by atoms with Crippen molar-refractivity contribution >= 4 is 17.4 Å². The van der Waals surface area contributed by atoms with Gasteiger partial charge in [0.2, 0.25) is 0 Å². The molecule has 136 valence electrons. The van der Waals surface area contributed by atoms with E-state index in [-0.39, 0.29) is 18.3 Å². The van der Waals surface area contributed by atoms with Crippen molar-refractivity contribution in [3.05, 3.63) is 47.7 Å². The maximum atomic E-state index is 14.6. The molecule has 26 heavy (non-hydrogen) atoms. The zero-order valence-electron chi connectivity index (χ0n) is 14.7. The summed E-state index contributed by atoms with van der Waals surface area (Å²) in [7, 11) is 0. The minimum absolute atomic E-state index is 0.0789. The maximum absolute atomic E-state index is 14.6. The van der Waals surface area contributed by atoms with Crippen LogP contribution in [-0.4, -0.2) is 48.2 Å². The topological polar surface area (TPSA) is 58.6 Å². The number of aromatic nitrogens is 2. The first-order valence-electron chi connectivity index (χ1n) is 8.94. The number of amides is 1. The molecule has 1 atom stereocenters. The SMILES string of the molecule is CCc1ncnc(N2CCOC(C(=O)N3CCc4ccccc43)C2)c1F. The van der Waals surface area contributed by atoms with Crippen molar-refractivity contribution in [1.82, 2.24) is 9.97 Å². The Kier molecular flexibility index (Phi) is 4.55. The van der Waals surface area contributed by atoms with Crippen molar-refractivity contribution < 1.29 is 13.9 Å². The molecular formula is C19H21FN4O2. The third-order valence-electron chi connectivity index (χ3n) is 4.97. The standard InChI is InChI=1S/C19H21FN4O2/c1-2-14-17(20)18(22-12-21-14)23-9-10-26-16(11-23)19(25)24-8-7-13-5-3-4-6-15(13)24/h3-6,12,16H,2,7-11H2,1H3. The van der Waals surface area contributed by atoms with Crippen LogP contribution in [0.1, 0.15) is 18.2 Å². The summed E-state index contributed by atoms with van der Waals surface area (Å²) in [6.45, 7) is 3.65. The van der Waals surface area contributed by atoms with Gasteiger partial charge in [-0.3, -0.25) is 4.79 Å². The zero-order valence-corrected chi connectivity index (χ0v) is 14.7. The lowest BCUT2D eigenvalue weighted by molar-refractivity contribution is -0.130. The number of para-hydroxylation sites is 1. The molecule has 0 spiro atoms. The Hall–Kier alpha value is -2.54. The molecule has 2 aliphatic rings. The lowest BCUT2D eigenvalue weighted by Crippen LogP contribution is -2.51. The van der Waals surface area contributed by atoms with Gasteiger partial charge in [0.15, 0.2) is 17.7 Å². The Balaban J connectivity index is 1.54. The number of carbonyl (C=O) groups excluding carboxylic acids is 1. The molecule has 0 radical (unpaired) electrons. The molecule has 2 aromatic rings. The van der Waals surface area contributed by atoms with Gasteiger partial charge in [-0.1, -0.05) is 25.1 Å². The van der Waals surface area contributed by atoms with Crippen LogP contribution in [0.25, 0.3) is 0 Å². The number of morpholine rings is 1. The predicted octanol–water partition coefficient (Wildman–Crippen LogP) is 1.97. The summed E-state index contributed by atoms with van der Waals surface area (Å²) in [6.07, 6.45) is 2.09. The summed E-state index contributed by atoms with van der Waals surface area (Å²) in [5, 5.41) is 0. The molecule has 0 N–H and O–H groups in total. The Bertz CT molecular complexity index is 829. The first kappa shape index (κ1) is 16.9. The van der Waals surface area contributed by atoms with Gasteiger partial charge in [-0.25, -0.2) is 14.4 Å². The largest absolute Gasteiger partial charge is 0.365 e. The van der Waals surface area contributed by atoms with Crippen molar-refractivity contribution in [2.75, 3.05) is 36.0 Å². The normalized spacial score (nSPS) is 19.5. The van der Waals surface area contributed by atoms with Gasteiger partial charge in [-0.05, 0) is 24.5 Å². The molecule has 3 heterocycles. The zero-order chi connectivity index (χ0) is 18.1. The monoisotopic (exact) mass is 356 g/mol. The minimum atomic E-state index is -0.630. The second-order valence-corrected chi connectivity index (χ2v) is 6.49. The van der Waals surface area contributed by atoms with E-state index in [1.165, 1.54) is 11.9 Å². The minimum Gasteiger partial charge on any atom is -0.365 e. The Morgan fingerprint density at radius 3 is 3.00 bits per heavy atom. The average Bonchev–Trinajstić information content (AvgIpc) is 3.12. The number of hydrogen-bond acceptors (Lipinski definition) is 5. The lowest BCUT2D eigenvalue weighted by atomic mass is 10.2. The number of hydrogen-bond donors (Lipinski definition) is 0. The van der Waals surface area contributed by atoms with Gasteiger partial charge in [0.05, 0.1) is 18.8 Å².